The van der Waals surface area contributed by atoms with Gasteiger partial charge in [0, 0.05) is 29.4 Å². The lowest BCUT2D eigenvalue weighted by atomic mass is 10.2. The standard InChI is InChI=1S/C18H17ClN2O2/c1-12-3-7-16(11-17(12)19)21-18(23)10-6-14-4-8-15(9-5-14)20-13(2)22/h3-11H,1-2H3,(H,20,22)(H,21,23)/b10-6+. The molecule has 0 heterocycles. The molecule has 0 radical (unpaired) electrons. The highest BCUT2D eigenvalue weighted by atomic mass is 35.5. The fraction of sp³-hybridized carbons (Fsp3) is 0.111. The van der Waals surface area contributed by atoms with Crippen molar-refractivity contribution in [1.82, 2.24) is 0 Å². The molecular weight excluding hydrogens is 312 g/mol. The third-order valence-corrected chi connectivity index (χ3v) is 3.50. The molecule has 0 aliphatic carbocycles. The van der Waals surface area contributed by atoms with Gasteiger partial charge in [0.25, 0.3) is 0 Å². The first-order chi connectivity index (χ1) is 10.9. The molecule has 2 aromatic carbocycles. The number of aryl methyl sites for hydroxylation is 1. The normalized spacial score (nSPS) is 10.6. The Morgan fingerprint density at radius 3 is 2.26 bits per heavy atom. The van der Waals surface area contributed by atoms with Crippen molar-refractivity contribution in [1.29, 1.82) is 0 Å². The second-order valence-electron chi connectivity index (χ2n) is 5.09. The van der Waals surface area contributed by atoms with Crippen LogP contribution in [0.2, 0.25) is 5.02 Å². The second kappa shape index (κ2) is 7.61. The minimum Gasteiger partial charge on any atom is -0.326 e. The summed E-state index contributed by atoms with van der Waals surface area (Å²) in [5, 5.41) is 6.05. The maximum atomic E-state index is 11.9. The number of benzene rings is 2. The van der Waals surface area contributed by atoms with Gasteiger partial charge in [0.15, 0.2) is 0 Å². The summed E-state index contributed by atoms with van der Waals surface area (Å²) in [4.78, 5) is 22.8. The van der Waals surface area contributed by atoms with Crippen molar-refractivity contribution in [2.75, 3.05) is 10.6 Å². The van der Waals surface area contributed by atoms with Crippen LogP contribution in [0.25, 0.3) is 6.08 Å². The SMILES string of the molecule is CC(=O)Nc1ccc(/C=C/C(=O)Nc2ccc(C)c(Cl)c2)cc1. The Kier molecular flexibility index (Phi) is 5.55. The maximum absolute atomic E-state index is 11.9. The third-order valence-electron chi connectivity index (χ3n) is 3.10. The van der Waals surface area contributed by atoms with Gasteiger partial charge in [0.2, 0.25) is 11.8 Å². The molecule has 0 fully saturated rings. The number of amides is 2. The summed E-state index contributed by atoms with van der Waals surface area (Å²) in [7, 11) is 0. The van der Waals surface area contributed by atoms with Crippen molar-refractivity contribution in [3.05, 3.63) is 64.7 Å². The number of anilines is 2. The number of hydrogen-bond donors (Lipinski definition) is 2. The van der Waals surface area contributed by atoms with Crippen LogP contribution in [0.15, 0.2) is 48.5 Å². The molecule has 0 bridgehead atoms. The zero-order valence-electron chi connectivity index (χ0n) is 12.9. The fourth-order valence-electron chi connectivity index (χ4n) is 1.91. The molecule has 2 aromatic rings. The lowest BCUT2D eigenvalue weighted by molar-refractivity contribution is -0.114. The van der Waals surface area contributed by atoms with Crippen molar-refractivity contribution < 1.29 is 9.59 Å². The van der Waals surface area contributed by atoms with E-state index in [0.717, 1.165) is 11.1 Å². The fourth-order valence-corrected chi connectivity index (χ4v) is 2.09. The molecule has 2 amide bonds. The highest BCUT2D eigenvalue weighted by Gasteiger charge is 2.01. The zero-order chi connectivity index (χ0) is 16.8. The number of nitrogens with one attached hydrogen (secondary N) is 2. The first-order valence-corrected chi connectivity index (χ1v) is 7.45. The van der Waals surface area contributed by atoms with Gasteiger partial charge in [0.1, 0.15) is 0 Å². The number of rotatable bonds is 4. The zero-order valence-corrected chi connectivity index (χ0v) is 13.6. The molecule has 0 aliphatic heterocycles. The van der Waals surface area contributed by atoms with E-state index in [4.69, 9.17) is 11.6 Å². The predicted octanol–water partition coefficient (Wildman–Crippen LogP) is 4.26. The van der Waals surface area contributed by atoms with Gasteiger partial charge in [-0.25, -0.2) is 0 Å². The summed E-state index contributed by atoms with van der Waals surface area (Å²) in [6.45, 7) is 3.36. The van der Waals surface area contributed by atoms with E-state index in [-0.39, 0.29) is 11.8 Å². The summed E-state index contributed by atoms with van der Waals surface area (Å²) in [6.07, 6.45) is 3.14. The van der Waals surface area contributed by atoms with Crippen molar-refractivity contribution in [3.8, 4) is 0 Å². The molecule has 2 rings (SSSR count). The van der Waals surface area contributed by atoms with E-state index in [1.165, 1.54) is 13.0 Å². The van der Waals surface area contributed by atoms with Crippen LogP contribution in [0.3, 0.4) is 0 Å². The molecule has 0 spiro atoms. The number of carbonyl (C=O) groups excluding carboxylic acids is 2. The number of carbonyl (C=O) groups is 2. The molecule has 118 valence electrons. The van der Waals surface area contributed by atoms with Crippen LogP contribution in [0.1, 0.15) is 18.1 Å². The first-order valence-electron chi connectivity index (χ1n) is 7.07. The van der Waals surface area contributed by atoms with Crippen LogP contribution in [0.5, 0.6) is 0 Å². The molecule has 0 aliphatic rings. The first kappa shape index (κ1) is 16.8. The second-order valence-corrected chi connectivity index (χ2v) is 5.50. The third kappa shape index (κ3) is 5.27. The van der Waals surface area contributed by atoms with Gasteiger partial charge in [-0.1, -0.05) is 29.8 Å². The summed E-state index contributed by atoms with van der Waals surface area (Å²) in [5.41, 5.74) is 3.18. The van der Waals surface area contributed by atoms with Crippen LogP contribution in [-0.4, -0.2) is 11.8 Å². The van der Waals surface area contributed by atoms with E-state index >= 15 is 0 Å². The van der Waals surface area contributed by atoms with Crippen LogP contribution >= 0.6 is 11.6 Å². The number of halogens is 1. The van der Waals surface area contributed by atoms with Crippen LogP contribution in [0, 0.1) is 6.92 Å². The van der Waals surface area contributed by atoms with Crippen LogP contribution in [0.4, 0.5) is 11.4 Å². The molecule has 0 aromatic heterocycles. The largest absolute Gasteiger partial charge is 0.326 e. The van der Waals surface area contributed by atoms with Gasteiger partial charge in [-0.2, -0.15) is 0 Å². The van der Waals surface area contributed by atoms with E-state index in [1.54, 1.807) is 30.3 Å². The molecule has 0 saturated heterocycles. The molecule has 2 N–H and O–H groups in total. The van der Waals surface area contributed by atoms with Crippen molar-refractivity contribution in [2.24, 2.45) is 0 Å². The molecule has 23 heavy (non-hydrogen) atoms. The minimum absolute atomic E-state index is 0.121. The Hall–Kier alpha value is -2.59. The summed E-state index contributed by atoms with van der Waals surface area (Å²) < 4.78 is 0. The Morgan fingerprint density at radius 2 is 1.65 bits per heavy atom. The topological polar surface area (TPSA) is 58.2 Å². The van der Waals surface area contributed by atoms with Gasteiger partial charge in [0.05, 0.1) is 0 Å². The molecular formula is C18H17ClN2O2. The van der Waals surface area contributed by atoms with E-state index < -0.39 is 0 Å². The molecule has 5 heteroatoms. The number of hydrogen-bond acceptors (Lipinski definition) is 2. The minimum atomic E-state index is -0.240. The average molecular weight is 329 g/mol. The highest BCUT2D eigenvalue weighted by molar-refractivity contribution is 6.31. The lowest BCUT2D eigenvalue weighted by Crippen LogP contribution is -2.07. The summed E-state index contributed by atoms with van der Waals surface area (Å²) in [5.74, 6) is -0.361. The van der Waals surface area contributed by atoms with Crippen LogP contribution < -0.4 is 10.6 Å². The highest BCUT2D eigenvalue weighted by Crippen LogP contribution is 2.20. The van der Waals surface area contributed by atoms with Crippen molar-refractivity contribution >= 4 is 40.9 Å². The summed E-state index contributed by atoms with van der Waals surface area (Å²) >= 11 is 6.02. The van der Waals surface area contributed by atoms with Crippen molar-refractivity contribution in [3.63, 3.8) is 0 Å². The van der Waals surface area contributed by atoms with E-state index in [1.807, 2.05) is 25.1 Å². The molecule has 0 atom stereocenters. The monoisotopic (exact) mass is 328 g/mol. The average Bonchev–Trinajstić information content (AvgIpc) is 2.50. The molecule has 0 saturated carbocycles. The van der Waals surface area contributed by atoms with Gasteiger partial charge in [-0.3, -0.25) is 9.59 Å². The molecule has 0 unspecified atom stereocenters. The summed E-state index contributed by atoms with van der Waals surface area (Å²) in [6, 6.07) is 12.6. The van der Waals surface area contributed by atoms with Crippen molar-refractivity contribution in [2.45, 2.75) is 13.8 Å². The molecule has 4 nitrogen and oxygen atoms in total. The lowest BCUT2D eigenvalue weighted by Gasteiger charge is -2.04. The van der Waals surface area contributed by atoms with Gasteiger partial charge < -0.3 is 10.6 Å². The van der Waals surface area contributed by atoms with E-state index in [0.29, 0.717) is 16.4 Å². The Bertz CT molecular complexity index is 752. The smallest absolute Gasteiger partial charge is 0.248 e. The Morgan fingerprint density at radius 1 is 1.00 bits per heavy atom. The predicted molar refractivity (Wildman–Crippen MR) is 94.6 cm³/mol. The van der Waals surface area contributed by atoms with E-state index in [2.05, 4.69) is 10.6 Å². The van der Waals surface area contributed by atoms with E-state index in [9.17, 15) is 9.59 Å². The maximum Gasteiger partial charge on any atom is 0.248 e. The Labute approximate surface area is 140 Å². The van der Waals surface area contributed by atoms with Crippen LogP contribution in [-0.2, 0) is 9.59 Å². The quantitative estimate of drug-likeness (QED) is 0.824. The van der Waals surface area contributed by atoms with Gasteiger partial charge in [-0.15, -0.1) is 0 Å². The Balaban J connectivity index is 1.97. The van der Waals surface area contributed by atoms with Gasteiger partial charge in [-0.05, 0) is 48.4 Å². The van der Waals surface area contributed by atoms with Gasteiger partial charge >= 0.3 is 0 Å².